The number of nitrogens with one attached hydrogen (secondary N) is 1. The van der Waals surface area contributed by atoms with Gasteiger partial charge in [-0.05, 0) is 61.8 Å². The Morgan fingerprint density at radius 1 is 1.06 bits per heavy atom. The molecule has 1 aliphatic rings. The molecule has 1 aliphatic carbocycles. The Morgan fingerprint density at radius 3 is 2.06 bits per heavy atom. The van der Waals surface area contributed by atoms with Gasteiger partial charge in [0.2, 0.25) is 0 Å². The lowest BCUT2D eigenvalue weighted by Crippen LogP contribution is -2.42. The minimum atomic E-state index is 0.440. The summed E-state index contributed by atoms with van der Waals surface area (Å²) in [6, 6.07) is 0.732. The summed E-state index contributed by atoms with van der Waals surface area (Å²) in [5, 5.41) is 3.84. The van der Waals surface area contributed by atoms with Gasteiger partial charge < -0.3 is 5.32 Å². The van der Waals surface area contributed by atoms with E-state index < -0.39 is 0 Å². The molecule has 0 spiro atoms. The molecular weight excluding hydrogens is 218 g/mol. The summed E-state index contributed by atoms with van der Waals surface area (Å²) in [6.07, 6.45) is 6.87. The molecule has 0 aromatic rings. The first-order chi connectivity index (χ1) is 8.31. The molecule has 1 nitrogen and oxygen atoms in total. The van der Waals surface area contributed by atoms with E-state index in [1.54, 1.807) is 0 Å². The average molecular weight is 253 g/mol. The van der Waals surface area contributed by atoms with Crippen LogP contribution in [0.5, 0.6) is 0 Å². The standard InChI is InChI=1S/C17H35N/c1-7-8-18-16(12-17(4,5)6)15-10-13(2)9-14(3)11-15/h13-16,18H,7-12H2,1-6H3. The SMILES string of the molecule is CCCNC(CC(C)(C)C)C1CC(C)CC(C)C1. The van der Waals surface area contributed by atoms with Crippen molar-refractivity contribution in [3.8, 4) is 0 Å². The van der Waals surface area contributed by atoms with Gasteiger partial charge in [0.1, 0.15) is 0 Å². The third kappa shape index (κ3) is 5.73. The largest absolute Gasteiger partial charge is 0.314 e. The Hall–Kier alpha value is -0.0400. The molecule has 0 bridgehead atoms. The zero-order valence-electron chi connectivity index (χ0n) is 13.6. The van der Waals surface area contributed by atoms with E-state index in [0.29, 0.717) is 5.41 Å². The van der Waals surface area contributed by atoms with Crippen LogP contribution >= 0.6 is 0 Å². The van der Waals surface area contributed by atoms with Gasteiger partial charge >= 0.3 is 0 Å². The Balaban J connectivity index is 2.62. The van der Waals surface area contributed by atoms with Crippen LogP contribution in [0.2, 0.25) is 0 Å². The van der Waals surface area contributed by atoms with E-state index in [0.717, 1.165) is 23.8 Å². The molecule has 0 radical (unpaired) electrons. The molecule has 3 atom stereocenters. The van der Waals surface area contributed by atoms with E-state index in [9.17, 15) is 0 Å². The fourth-order valence-corrected chi connectivity index (χ4v) is 3.73. The van der Waals surface area contributed by atoms with Crippen LogP contribution in [0, 0.1) is 23.2 Å². The third-order valence-corrected chi connectivity index (χ3v) is 4.27. The van der Waals surface area contributed by atoms with E-state index in [-0.39, 0.29) is 0 Å². The van der Waals surface area contributed by atoms with Crippen LogP contribution in [0.15, 0.2) is 0 Å². The molecule has 0 aliphatic heterocycles. The predicted molar refractivity (Wildman–Crippen MR) is 81.8 cm³/mol. The van der Waals surface area contributed by atoms with E-state index in [1.165, 1.54) is 38.6 Å². The van der Waals surface area contributed by atoms with Crippen LogP contribution in [-0.4, -0.2) is 12.6 Å². The van der Waals surface area contributed by atoms with Crippen molar-refractivity contribution in [1.82, 2.24) is 5.32 Å². The van der Waals surface area contributed by atoms with Crippen molar-refractivity contribution in [3.63, 3.8) is 0 Å². The minimum Gasteiger partial charge on any atom is -0.314 e. The maximum atomic E-state index is 3.84. The number of hydrogen-bond acceptors (Lipinski definition) is 1. The second-order valence-electron chi connectivity index (χ2n) is 8.00. The van der Waals surface area contributed by atoms with Crippen molar-refractivity contribution in [1.29, 1.82) is 0 Å². The molecule has 0 aromatic heterocycles. The third-order valence-electron chi connectivity index (χ3n) is 4.27. The summed E-state index contributed by atoms with van der Waals surface area (Å²) < 4.78 is 0. The zero-order chi connectivity index (χ0) is 13.8. The summed E-state index contributed by atoms with van der Waals surface area (Å²) in [5.41, 5.74) is 0.440. The summed E-state index contributed by atoms with van der Waals surface area (Å²) in [7, 11) is 0. The van der Waals surface area contributed by atoms with Crippen LogP contribution < -0.4 is 5.32 Å². The van der Waals surface area contributed by atoms with Crippen molar-refractivity contribution in [2.75, 3.05) is 6.54 Å². The molecule has 1 rings (SSSR count). The molecule has 1 heteroatoms. The smallest absolute Gasteiger partial charge is 0.0100 e. The van der Waals surface area contributed by atoms with Gasteiger partial charge in [0, 0.05) is 6.04 Å². The van der Waals surface area contributed by atoms with Crippen molar-refractivity contribution in [2.45, 2.75) is 79.7 Å². The van der Waals surface area contributed by atoms with Crippen molar-refractivity contribution in [3.05, 3.63) is 0 Å². The maximum absolute atomic E-state index is 3.84. The van der Waals surface area contributed by atoms with Gasteiger partial charge in [0.25, 0.3) is 0 Å². The maximum Gasteiger partial charge on any atom is 0.0100 e. The highest BCUT2D eigenvalue weighted by Crippen LogP contribution is 2.37. The van der Waals surface area contributed by atoms with Gasteiger partial charge in [-0.3, -0.25) is 0 Å². The molecular formula is C17H35N. The van der Waals surface area contributed by atoms with Crippen LogP contribution in [0.4, 0.5) is 0 Å². The summed E-state index contributed by atoms with van der Waals surface area (Å²) in [4.78, 5) is 0. The first-order valence-electron chi connectivity index (χ1n) is 8.05. The molecule has 0 saturated heterocycles. The van der Waals surface area contributed by atoms with E-state index in [1.807, 2.05) is 0 Å². The first kappa shape index (κ1) is 16.0. The fourth-order valence-electron chi connectivity index (χ4n) is 3.73. The van der Waals surface area contributed by atoms with Crippen LogP contribution in [0.1, 0.15) is 73.6 Å². The topological polar surface area (TPSA) is 12.0 Å². The van der Waals surface area contributed by atoms with Gasteiger partial charge in [-0.25, -0.2) is 0 Å². The minimum absolute atomic E-state index is 0.440. The molecule has 0 amide bonds. The van der Waals surface area contributed by atoms with E-state index in [2.05, 4.69) is 46.9 Å². The van der Waals surface area contributed by atoms with Crippen molar-refractivity contribution >= 4 is 0 Å². The van der Waals surface area contributed by atoms with Crippen LogP contribution in [0.3, 0.4) is 0 Å². The van der Waals surface area contributed by atoms with E-state index >= 15 is 0 Å². The first-order valence-corrected chi connectivity index (χ1v) is 8.05. The second kappa shape index (κ2) is 6.93. The molecule has 0 aromatic carbocycles. The average Bonchev–Trinajstić information content (AvgIpc) is 2.21. The molecule has 3 unspecified atom stereocenters. The van der Waals surface area contributed by atoms with Crippen LogP contribution in [-0.2, 0) is 0 Å². The van der Waals surface area contributed by atoms with E-state index in [4.69, 9.17) is 0 Å². The Kier molecular flexibility index (Phi) is 6.17. The van der Waals surface area contributed by atoms with Gasteiger partial charge in [0.05, 0.1) is 0 Å². The molecule has 1 saturated carbocycles. The number of rotatable bonds is 5. The molecule has 1 fully saturated rings. The highest BCUT2D eigenvalue weighted by atomic mass is 14.9. The Bertz CT molecular complexity index is 218. The molecule has 18 heavy (non-hydrogen) atoms. The summed E-state index contributed by atoms with van der Waals surface area (Å²) in [5.74, 6) is 2.74. The monoisotopic (exact) mass is 253 g/mol. The Labute approximate surface area is 115 Å². The lowest BCUT2D eigenvalue weighted by molar-refractivity contribution is 0.148. The zero-order valence-corrected chi connectivity index (χ0v) is 13.6. The van der Waals surface area contributed by atoms with Gasteiger partial charge in [-0.2, -0.15) is 0 Å². The quantitative estimate of drug-likeness (QED) is 0.737. The fraction of sp³-hybridized carbons (Fsp3) is 1.00. The highest BCUT2D eigenvalue weighted by Gasteiger charge is 2.31. The normalized spacial score (nSPS) is 31.3. The molecule has 1 N–H and O–H groups in total. The van der Waals surface area contributed by atoms with Gasteiger partial charge in [-0.1, -0.05) is 41.5 Å². The number of hydrogen-bond donors (Lipinski definition) is 1. The predicted octanol–water partition coefficient (Wildman–Crippen LogP) is 4.86. The summed E-state index contributed by atoms with van der Waals surface area (Å²) in [6.45, 7) is 15.5. The second-order valence-corrected chi connectivity index (χ2v) is 8.00. The van der Waals surface area contributed by atoms with Crippen molar-refractivity contribution in [2.24, 2.45) is 23.2 Å². The highest BCUT2D eigenvalue weighted by molar-refractivity contribution is 4.86. The Morgan fingerprint density at radius 2 is 1.61 bits per heavy atom. The van der Waals surface area contributed by atoms with Crippen LogP contribution in [0.25, 0.3) is 0 Å². The van der Waals surface area contributed by atoms with Gasteiger partial charge in [-0.15, -0.1) is 0 Å². The summed E-state index contributed by atoms with van der Waals surface area (Å²) >= 11 is 0. The van der Waals surface area contributed by atoms with Crippen molar-refractivity contribution < 1.29 is 0 Å². The lowest BCUT2D eigenvalue weighted by atomic mass is 9.71. The molecule has 108 valence electrons. The molecule has 0 heterocycles. The lowest BCUT2D eigenvalue weighted by Gasteiger charge is -2.39. The van der Waals surface area contributed by atoms with Gasteiger partial charge in [0.15, 0.2) is 0 Å².